The number of ether oxygens (including phenoxy) is 3. The van der Waals surface area contributed by atoms with Crippen molar-refractivity contribution in [2.75, 3.05) is 6.61 Å². The number of ketones is 1. The summed E-state index contributed by atoms with van der Waals surface area (Å²) in [7, 11) is 0. The minimum absolute atomic E-state index is 0.0274. The molecule has 162 valence electrons. The van der Waals surface area contributed by atoms with Crippen molar-refractivity contribution in [3.05, 3.63) is 98.8 Å². The van der Waals surface area contributed by atoms with Crippen LogP contribution >= 0.6 is 0 Å². The Morgan fingerprint density at radius 2 is 1.75 bits per heavy atom. The van der Waals surface area contributed by atoms with Crippen molar-refractivity contribution in [3.8, 4) is 17.2 Å². The highest BCUT2D eigenvalue weighted by Crippen LogP contribution is 2.40. The molecule has 7 heteroatoms. The number of nitro benzene ring substituents is 1. The summed E-state index contributed by atoms with van der Waals surface area (Å²) >= 11 is 0. The van der Waals surface area contributed by atoms with E-state index >= 15 is 0 Å². The van der Waals surface area contributed by atoms with E-state index in [-0.39, 0.29) is 23.8 Å². The number of fused-ring (bicyclic) bond motifs is 1. The van der Waals surface area contributed by atoms with Gasteiger partial charge >= 0.3 is 0 Å². The maximum atomic E-state index is 12.9. The van der Waals surface area contributed by atoms with Crippen molar-refractivity contribution in [3.63, 3.8) is 0 Å². The molecular formula is C25H21NO6. The van der Waals surface area contributed by atoms with Gasteiger partial charge in [-0.2, -0.15) is 0 Å². The van der Waals surface area contributed by atoms with Gasteiger partial charge in [-0.05, 0) is 55.8 Å². The van der Waals surface area contributed by atoms with Gasteiger partial charge in [-0.25, -0.2) is 0 Å². The van der Waals surface area contributed by atoms with Gasteiger partial charge < -0.3 is 14.2 Å². The van der Waals surface area contributed by atoms with Gasteiger partial charge in [0.1, 0.15) is 23.9 Å². The van der Waals surface area contributed by atoms with Gasteiger partial charge in [-0.1, -0.05) is 18.2 Å². The van der Waals surface area contributed by atoms with Crippen LogP contribution in [0.4, 0.5) is 5.69 Å². The highest BCUT2D eigenvalue weighted by Gasteiger charge is 2.30. The van der Waals surface area contributed by atoms with Crippen LogP contribution in [-0.4, -0.2) is 17.3 Å². The average molecular weight is 431 g/mol. The number of nitro groups is 1. The number of rotatable bonds is 7. The van der Waals surface area contributed by atoms with Gasteiger partial charge in [-0.3, -0.25) is 14.9 Å². The molecule has 0 saturated carbocycles. The van der Waals surface area contributed by atoms with Crippen LogP contribution < -0.4 is 14.2 Å². The van der Waals surface area contributed by atoms with Crippen molar-refractivity contribution >= 4 is 17.5 Å². The zero-order valence-electron chi connectivity index (χ0n) is 17.7. The largest absolute Gasteiger partial charge is 0.493 e. The molecule has 0 aliphatic carbocycles. The number of nitrogens with zero attached hydrogens (tertiary/aromatic N) is 1. The van der Waals surface area contributed by atoms with Gasteiger partial charge in [0.2, 0.25) is 5.78 Å². The van der Waals surface area contributed by atoms with Crippen molar-refractivity contribution < 1.29 is 23.9 Å². The maximum absolute atomic E-state index is 12.9. The topological polar surface area (TPSA) is 87.9 Å². The molecule has 1 heterocycles. The first-order valence-corrected chi connectivity index (χ1v) is 10.1. The number of Topliss-reactive ketones (excluding diaryl/α,β-unsaturated/α-hetero) is 1. The summed E-state index contributed by atoms with van der Waals surface area (Å²) in [6, 6.07) is 17.0. The van der Waals surface area contributed by atoms with E-state index < -0.39 is 4.92 Å². The third-order valence-electron chi connectivity index (χ3n) is 5.08. The molecule has 32 heavy (non-hydrogen) atoms. The lowest BCUT2D eigenvalue weighted by Crippen LogP contribution is -1.99. The predicted molar refractivity (Wildman–Crippen MR) is 119 cm³/mol. The van der Waals surface area contributed by atoms with Gasteiger partial charge in [0.05, 0.1) is 17.1 Å². The van der Waals surface area contributed by atoms with Crippen LogP contribution in [0.15, 0.2) is 66.4 Å². The lowest BCUT2D eigenvalue weighted by Gasteiger charge is -2.11. The number of non-ortho nitro benzene ring substituents is 1. The second kappa shape index (κ2) is 8.93. The Morgan fingerprint density at radius 3 is 2.47 bits per heavy atom. The minimum Gasteiger partial charge on any atom is -0.493 e. The Labute approximate surface area is 185 Å². The zero-order valence-corrected chi connectivity index (χ0v) is 17.7. The van der Waals surface area contributed by atoms with Crippen LogP contribution in [0.2, 0.25) is 0 Å². The molecule has 0 aromatic heterocycles. The molecule has 0 spiro atoms. The molecule has 0 N–H and O–H groups in total. The summed E-state index contributed by atoms with van der Waals surface area (Å²) < 4.78 is 17.4. The summed E-state index contributed by atoms with van der Waals surface area (Å²) in [5, 5.41) is 10.8. The summed E-state index contributed by atoms with van der Waals surface area (Å²) in [5.74, 6) is 1.75. The average Bonchev–Trinajstić information content (AvgIpc) is 3.11. The fraction of sp³-hybridized carbons (Fsp3) is 0.160. The van der Waals surface area contributed by atoms with Crippen molar-refractivity contribution in [1.82, 2.24) is 0 Å². The number of benzene rings is 3. The Kier molecular flexibility index (Phi) is 5.89. The van der Waals surface area contributed by atoms with Crippen LogP contribution in [0, 0.1) is 17.0 Å². The van der Waals surface area contributed by atoms with Crippen LogP contribution in [0.5, 0.6) is 17.2 Å². The zero-order chi connectivity index (χ0) is 22.7. The fourth-order valence-corrected chi connectivity index (χ4v) is 3.43. The van der Waals surface area contributed by atoms with E-state index in [1.54, 1.807) is 30.3 Å². The summed E-state index contributed by atoms with van der Waals surface area (Å²) in [4.78, 5) is 23.2. The van der Waals surface area contributed by atoms with E-state index in [9.17, 15) is 14.9 Å². The van der Waals surface area contributed by atoms with Crippen LogP contribution in [0.1, 0.15) is 34.0 Å². The summed E-state index contributed by atoms with van der Waals surface area (Å²) in [5.41, 5.74) is 2.77. The van der Waals surface area contributed by atoms with Crippen LogP contribution in [-0.2, 0) is 6.61 Å². The van der Waals surface area contributed by atoms with E-state index in [1.165, 1.54) is 12.1 Å². The number of carbonyl (C=O) groups is 1. The highest BCUT2D eigenvalue weighted by atomic mass is 16.6. The fourth-order valence-electron chi connectivity index (χ4n) is 3.43. The highest BCUT2D eigenvalue weighted by molar-refractivity contribution is 6.15. The molecule has 0 fully saturated rings. The van der Waals surface area contributed by atoms with Crippen molar-refractivity contribution in [1.29, 1.82) is 0 Å². The maximum Gasteiger partial charge on any atom is 0.269 e. The number of hydrogen-bond donors (Lipinski definition) is 0. The Morgan fingerprint density at radius 1 is 1.00 bits per heavy atom. The molecule has 0 bridgehead atoms. The smallest absolute Gasteiger partial charge is 0.269 e. The second-order valence-corrected chi connectivity index (χ2v) is 7.19. The number of hydrogen-bond acceptors (Lipinski definition) is 6. The molecule has 1 aliphatic heterocycles. The lowest BCUT2D eigenvalue weighted by atomic mass is 10.1. The van der Waals surface area contributed by atoms with Gasteiger partial charge in [0, 0.05) is 23.3 Å². The third-order valence-corrected chi connectivity index (χ3v) is 5.08. The molecule has 0 atom stereocenters. The Bertz CT molecular complexity index is 1210. The summed E-state index contributed by atoms with van der Waals surface area (Å²) in [6.07, 6.45) is 1.68. The first-order valence-electron chi connectivity index (χ1n) is 10.1. The first-order chi connectivity index (χ1) is 15.5. The van der Waals surface area contributed by atoms with Gasteiger partial charge in [0.15, 0.2) is 5.76 Å². The summed E-state index contributed by atoms with van der Waals surface area (Å²) in [6.45, 7) is 4.48. The molecule has 3 aromatic rings. The van der Waals surface area contributed by atoms with E-state index in [4.69, 9.17) is 14.2 Å². The molecule has 0 amide bonds. The molecule has 1 aliphatic rings. The molecule has 3 aromatic carbocycles. The predicted octanol–water partition coefficient (Wildman–Crippen LogP) is 5.50. The van der Waals surface area contributed by atoms with E-state index in [0.29, 0.717) is 35.0 Å². The van der Waals surface area contributed by atoms with Crippen LogP contribution in [0.25, 0.3) is 6.08 Å². The number of allylic oxidation sites excluding steroid dienone is 1. The Hall–Kier alpha value is -4.13. The quantitative estimate of drug-likeness (QED) is 0.279. The molecular weight excluding hydrogens is 410 g/mol. The normalized spacial score (nSPS) is 13.6. The van der Waals surface area contributed by atoms with Gasteiger partial charge in [0.25, 0.3) is 5.69 Å². The first kappa shape index (κ1) is 21.1. The van der Waals surface area contributed by atoms with E-state index in [2.05, 4.69) is 0 Å². The minimum atomic E-state index is -0.443. The monoisotopic (exact) mass is 431 g/mol. The molecule has 7 nitrogen and oxygen atoms in total. The van der Waals surface area contributed by atoms with E-state index in [0.717, 1.165) is 11.1 Å². The molecule has 0 saturated heterocycles. The molecule has 0 radical (unpaired) electrons. The third kappa shape index (κ3) is 4.18. The SMILES string of the molecule is CCOc1ccccc1/C=C1\Oc2c(ccc(OCc3ccc([N+](=O)[O-])cc3)c2C)C1=O. The lowest BCUT2D eigenvalue weighted by molar-refractivity contribution is -0.384. The van der Waals surface area contributed by atoms with Crippen molar-refractivity contribution in [2.24, 2.45) is 0 Å². The number of para-hydroxylation sites is 1. The molecule has 0 unspecified atom stereocenters. The van der Waals surface area contributed by atoms with Crippen LogP contribution in [0.3, 0.4) is 0 Å². The van der Waals surface area contributed by atoms with E-state index in [1.807, 2.05) is 38.1 Å². The standard InChI is InChI=1S/C25H21NO6/c1-3-30-22-7-5-4-6-18(22)14-23-24(27)20-12-13-21(16(2)25(20)32-23)31-15-17-8-10-19(11-9-17)26(28)29/h4-14H,3,15H2,1-2H3/b23-14-. The molecule has 4 rings (SSSR count). The number of carbonyl (C=O) groups excluding carboxylic acids is 1. The van der Waals surface area contributed by atoms with Crippen molar-refractivity contribution in [2.45, 2.75) is 20.5 Å². The Balaban J connectivity index is 1.54. The second-order valence-electron chi connectivity index (χ2n) is 7.19. The van der Waals surface area contributed by atoms with Gasteiger partial charge in [-0.15, -0.1) is 0 Å².